The van der Waals surface area contributed by atoms with Crippen molar-refractivity contribution in [2.75, 3.05) is 5.32 Å². The van der Waals surface area contributed by atoms with E-state index in [0.29, 0.717) is 39.2 Å². The first-order valence-electron chi connectivity index (χ1n) is 13.0. The van der Waals surface area contributed by atoms with Crippen molar-refractivity contribution in [1.29, 1.82) is 0 Å². The minimum absolute atomic E-state index is 0.0905. The number of para-hydroxylation sites is 2. The average Bonchev–Trinajstić information content (AvgIpc) is 3.21. The number of rotatable bonds is 5. The molecule has 0 radical (unpaired) electrons. The van der Waals surface area contributed by atoms with Gasteiger partial charge in [-0.25, -0.2) is 4.79 Å². The fourth-order valence-electron chi connectivity index (χ4n) is 4.93. The Morgan fingerprint density at radius 2 is 1.72 bits per heavy atom. The highest BCUT2D eigenvalue weighted by molar-refractivity contribution is 5.96. The van der Waals surface area contributed by atoms with Crippen LogP contribution in [0.3, 0.4) is 0 Å². The summed E-state index contributed by atoms with van der Waals surface area (Å²) in [5.74, 6) is 0.0501. The van der Waals surface area contributed by atoms with E-state index in [0.717, 1.165) is 22.0 Å². The molecule has 2 aromatic heterocycles. The van der Waals surface area contributed by atoms with Gasteiger partial charge in [-0.2, -0.15) is 5.10 Å². The largest absolute Gasteiger partial charge is 0.456 e. The predicted octanol–water partition coefficient (Wildman–Crippen LogP) is 7.09. The molecule has 0 fully saturated rings. The van der Waals surface area contributed by atoms with E-state index in [1.165, 1.54) is 0 Å². The van der Waals surface area contributed by atoms with Crippen molar-refractivity contribution < 1.29 is 13.9 Å². The number of hydrogen-bond acceptors (Lipinski definition) is 6. The molecule has 1 atom stereocenters. The summed E-state index contributed by atoms with van der Waals surface area (Å²) in [5, 5.41) is 9.59. The smallest absolute Gasteiger partial charge is 0.340 e. The second-order valence-electron chi connectivity index (χ2n) is 11.0. The third-order valence-electron chi connectivity index (χ3n) is 6.75. The van der Waals surface area contributed by atoms with Crippen LogP contribution < -0.4 is 10.7 Å². The molecule has 0 saturated heterocycles. The second-order valence-corrected chi connectivity index (χ2v) is 11.0. The molecule has 0 aliphatic heterocycles. The molecule has 0 saturated carbocycles. The molecule has 7 nitrogen and oxygen atoms in total. The maximum absolute atomic E-state index is 13.7. The molecule has 0 bridgehead atoms. The number of ether oxygens (including phenoxy) is 1. The molecule has 0 spiro atoms. The van der Waals surface area contributed by atoms with Crippen molar-refractivity contribution >= 4 is 33.5 Å². The Morgan fingerprint density at radius 3 is 2.46 bits per heavy atom. The van der Waals surface area contributed by atoms with Crippen molar-refractivity contribution in [3.8, 4) is 11.5 Å². The van der Waals surface area contributed by atoms with Crippen LogP contribution in [0.25, 0.3) is 33.3 Å². The quantitative estimate of drug-likeness (QED) is 0.248. The van der Waals surface area contributed by atoms with E-state index in [9.17, 15) is 9.59 Å². The Kier molecular flexibility index (Phi) is 6.54. The maximum atomic E-state index is 13.7. The number of fused-ring (bicyclic) bond motifs is 2. The van der Waals surface area contributed by atoms with Gasteiger partial charge >= 0.3 is 5.97 Å². The van der Waals surface area contributed by atoms with Gasteiger partial charge in [0.1, 0.15) is 16.9 Å². The van der Waals surface area contributed by atoms with Crippen LogP contribution in [0.2, 0.25) is 0 Å². The third-order valence-corrected chi connectivity index (χ3v) is 6.75. The van der Waals surface area contributed by atoms with E-state index < -0.39 is 11.6 Å². The fraction of sp³-hybridized carbons (Fsp3) is 0.281. The first kappa shape index (κ1) is 26.2. The molecular weight excluding hydrogens is 490 g/mol. The number of carbonyl (C=O) groups excluding carboxylic acids is 1. The Labute approximate surface area is 227 Å². The minimum atomic E-state index is -0.615. The second kappa shape index (κ2) is 9.73. The Balaban J connectivity index is 1.64. The average molecular weight is 524 g/mol. The van der Waals surface area contributed by atoms with Gasteiger partial charge in [-0.3, -0.25) is 9.48 Å². The molecule has 0 aliphatic rings. The van der Waals surface area contributed by atoms with Gasteiger partial charge < -0.3 is 14.5 Å². The highest BCUT2D eigenvalue weighted by atomic mass is 16.6. The van der Waals surface area contributed by atoms with E-state index in [1.54, 1.807) is 17.7 Å². The van der Waals surface area contributed by atoms with Gasteiger partial charge in [-0.1, -0.05) is 36.4 Å². The number of hydrogen-bond donors (Lipinski definition) is 1. The molecule has 7 heteroatoms. The number of anilines is 1. The lowest BCUT2D eigenvalue weighted by Gasteiger charge is -2.23. The highest BCUT2D eigenvalue weighted by Crippen LogP contribution is 2.35. The molecule has 0 amide bonds. The monoisotopic (exact) mass is 523 g/mol. The summed E-state index contributed by atoms with van der Waals surface area (Å²) in [6.07, 6.45) is 0. The Morgan fingerprint density at radius 1 is 1.03 bits per heavy atom. The lowest BCUT2D eigenvalue weighted by Crippen LogP contribution is -2.24. The molecule has 3 aromatic carbocycles. The zero-order chi connectivity index (χ0) is 28.1. The van der Waals surface area contributed by atoms with Gasteiger partial charge in [-0.15, -0.1) is 0 Å². The summed E-state index contributed by atoms with van der Waals surface area (Å²) in [6, 6.07) is 18.7. The van der Waals surface area contributed by atoms with Gasteiger partial charge in [0, 0.05) is 29.2 Å². The molecule has 1 N–H and O–H groups in total. The lowest BCUT2D eigenvalue weighted by atomic mass is 9.99. The fourth-order valence-corrected chi connectivity index (χ4v) is 4.93. The minimum Gasteiger partial charge on any atom is -0.456 e. The zero-order valence-electron chi connectivity index (χ0n) is 23.4. The molecular formula is C32H33N3O4. The third kappa shape index (κ3) is 4.92. The summed E-state index contributed by atoms with van der Waals surface area (Å²) in [4.78, 5) is 26.6. The van der Waals surface area contributed by atoms with Crippen LogP contribution in [-0.2, 0) is 11.8 Å². The standard InChI is InChI=1S/C32H33N3O4/c1-18-16-23(20(3)33-25-14-10-8-12-21(25)31(37)39-32(4,5)6)30-24(17-18)28(36)19(2)29(38-30)27-22-13-9-11-15-26(22)35(7)34-27/h8-17,20,33H,1-7H3. The van der Waals surface area contributed by atoms with Crippen LogP contribution >= 0.6 is 0 Å². The van der Waals surface area contributed by atoms with E-state index in [-0.39, 0.29) is 11.5 Å². The number of carbonyl (C=O) groups is 1. The number of nitrogens with zero attached hydrogens (tertiary/aromatic N) is 2. The van der Waals surface area contributed by atoms with Gasteiger partial charge in [0.25, 0.3) is 0 Å². The molecule has 5 rings (SSSR count). The number of aromatic nitrogens is 2. The van der Waals surface area contributed by atoms with E-state index >= 15 is 0 Å². The molecule has 0 aliphatic carbocycles. The topological polar surface area (TPSA) is 86.4 Å². The molecule has 2 heterocycles. The van der Waals surface area contributed by atoms with Crippen LogP contribution in [-0.4, -0.2) is 21.4 Å². The van der Waals surface area contributed by atoms with Gasteiger partial charge in [0.2, 0.25) is 0 Å². The number of aryl methyl sites for hydroxylation is 2. The van der Waals surface area contributed by atoms with Crippen molar-refractivity contribution in [3.63, 3.8) is 0 Å². The van der Waals surface area contributed by atoms with Crippen molar-refractivity contribution in [1.82, 2.24) is 9.78 Å². The summed E-state index contributed by atoms with van der Waals surface area (Å²) in [6.45, 7) is 11.2. The Hall–Kier alpha value is -4.39. The van der Waals surface area contributed by atoms with Gasteiger partial charge in [-0.05, 0) is 71.4 Å². The van der Waals surface area contributed by atoms with E-state index in [2.05, 4.69) is 5.32 Å². The van der Waals surface area contributed by atoms with Crippen LogP contribution in [0.5, 0.6) is 0 Å². The maximum Gasteiger partial charge on any atom is 0.340 e. The van der Waals surface area contributed by atoms with Crippen LogP contribution in [0, 0.1) is 13.8 Å². The Bertz CT molecular complexity index is 1790. The van der Waals surface area contributed by atoms with Crippen LogP contribution in [0.1, 0.15) is 60.8 Å². The first-order chi connectivity index (χ1) is 18.4. The molecule has 200 valence electrons. The molecule has 39 heavy (non-hydrogen) atoms. The number of nitrogens with one attached hydrogen (secondary N) is 1. The zero-order valence-corrected chi connectivity index (χ0v) is 23.4. The van der Waals surface area contributed by atoms with Crippen LogP contribution in [0.15, 0.2) is 69.9 Å². The summed E-state index contributed by atoms with van der Waals surface area (Å²) in [7, 11) is 1.88. The van der Waals surface area contributed by atoms with Crippen molar-refractivity contribution in [2.45, 2.75) is 53.2 Å². The summed E-state index contributed by atoms with van der Waals surface area (Å²) in [5.41, 5.74) is 4.71. The summed E-state index contributed by atoms with van der Waals surface area (Å²) < 4.78 is 14.0. The van der Waals surface area contributed by atoms with Gasteiger partial charge in [0.15, 0.2) is 11.2 Å². The number of benzene rings is 3. The lowest BCUT2D eigenvalue weighted by molar-refractivity contribution is 0.00706. The first-order valence-corrected chi connectivity index (χ1v) is 13.0. The van der Waals surface area contributed by atoms with Gasteiger partial charge in [0.05, 0.1) is 22.5 Å². The van der Waals surface area contributed by atoms with Crippen molar-refractivity contribution in [3.05, 3.63) is 93.1 Å². The van der Waals surface area contributed by atoms with Crippen LogP contribution in [0.4, 0.5) is 5.69 Å². The highest BCUT2D eigenvalue weighted by Gasteiger charge is 2.24. The van der Waals surface area contributed by atoms with E-state index in [1.807, 2.05) is 96.3 Å². The normalized spacial score (nSPS) is 12.6. The predicted molar refractivity (Wildman–Crippen MR) is 155 cm³/mol. The SMILES string of the molecule is Cc1cc(C(C)Nc2ccccc2C(=O)OC(C)(C)C)c2oc(-c3nn(C)c4ccccc34)c(C)c(=O)c2c1. The van der Waals surface area contributed by atoms with E-state index in [4.69, 9.17) is 14.3 Å². The summed E-state index contributed by atoms with van der Waals surface area (Å²) >= 11 is 0. The van der Waals surface area contributed by atoms with Crippen molar-refractivity contribution in [2.24, 2.45) is 7.05 Å². The molecule has 5 aromatic rings. The molecule has 1 unspecified atom stereocenters. The number of esters is 1.